The summed E-state index contributed by atoms with van der Waals surface area (Å²) in [5, 5.41) is 4.14. The van der Waals surface area contributed by atoms with Crippen LogP contribution in [0.2, 0.25) is 0 Å². The number of carbonyl (C=O) groups excluding carboxylic acids is 1. The minimum atomic E-state index is -0.294. The summed E-state index contributed by atoms with van der Waals surface area (Å²) in [5.41, 5.74) is 0.858. The molecule has 0 aliphatic rings. The lowest BCUT2D eigenvalue weighted by Gasteiger charge is -2.13. The van der Waals surface area contributed by atoms with Crippen molar-refractivity contribution in [3.8, 4) is 0 Å². The van der Waals surface area contributed by atoms with Crippen molar-refractivity contribution in [3.63, 3.8) is 0 Å². The monoisotopic (exact) mass is 311 g/mol. The zero-order chi connectivity index (χ0) is 13.3. The molecule has 0 aliphatic carbocycles. The van der Waals surface area contributed by atoms with E-state index in [-0.39, 0.29) is 23.5 Å². The number of hydrogen-bond acceptors (Lipinski definition) is 3. The number of rotatable bonds is 3. The lowest BCUT2D eigenvalue weighted by Crippen LogP contribution is -2.15. The standard InChI is InChI=1S/C12H11BrFN3O/c1-7(9-3-5-10(14)6-4-9)17-11(8(2)18)15-12(13)16-17/h3-7H,1-2H3. The molecule has 1 aromatic heterocycles. The van der Waals surface area contributed by atoms with Gasteiger partial charge in [0.05, 0.1) is 6.04 Å². The lowest BCUT2D eigenvalue weighted by atomic mass is 10.1. The first-order valence-corrected chi connectivity index (χ1v) is 6.17. The molecule has 2 rings (SSSR count). The van der Waals surface area contributed by atoms with Crippen LogP contribution < -0.4 is 0 Å². The summed E-state index contributed by atoms with van der Waals surface area (Å²) < 4.78 is 14.8. The average Bonchev–Trinajstić information content (AvgIpc) is 2.71. The highest BCUT2D eigenvalue weighted by atomic mass is 79.9. The van der Waals surface area contributed by atoms with Gasteiger partial charge in [0.1, 0.15) is 5.82 Å². The van der Waals surface area contributed by atoms with E-state index in [0.29, 0.717) is 4.73 Å². The Kier molecular flexibility index (Phi) is 3.56. The molecule has 0 fully saturated rings. The smallest absolute Gasteiger partial charge is 0.217 e. The molecule has 0 radical (unpaired) electrons. The Balaban J connectivity index is 2.42. The number of Topliss-reactive ketones (excluding diaryl/α,β-unsaturated/α-hetero) is 1. The van der Waals surface area contributed by atoms with Gasteiger partial charge >= 0.3 is 0 Å². The van der Waals surface area contributed by atoms with Crippen LogP contribution in [-0.4, -0.2) is 20.5 Å². The van der Waals surface area contributed by atoms with E-state index in [9.17, 15) is 9.18 Å². The Morgan fingerprint density at radius 1 is 1.39 bits per heavy atom. The van der Waals surface area contributed by atoms with E-state index in [1.807, 2.05) is 6.92 Å². The number of benzene rings is 1. The van der Waals surface area contributed by atoms with Gasteiger partial charge in [-0.3, -0.25) is 4.79 Å². The van der Waals surface area contributed by atoms with Gasteiger partial charge in [0, 0.05) is 6.92 Å². The van der Waals surface area contributed by atoms with Crippen LogP contribution in [0.5, 0.6) is 0 Å². The molecular formula is C12H11BrFN3O. The molecule has 18 heavy (non-hydrogen) atoms. The van der Waals surface area contributed by atoms with Crippen LogP contribution in [0.1, 0.15) is 36.1 Å². The van der Waals surface area contributed by atoms with Crippen LogP contribution in [-0.2, 0) is 0 Å². The van der Waals surface area contributed by atoms with E-state index in [1.54, 1.807) is 12.1 Å². The van der Waals surface area contributed by atoms with Crippen molar-refractivity contribution in [2.75, 3.05) is 0 Å². The first kappa shape index (κ1) is 12.9. The highest BCUT2D eigenvalue weighted by Crippen LogP contribution is 2.20. The van der Waals surface area contributed by atoms with E-state index in [4.69, 9.17) is 0 Å². The van der Waals surface area contributed by atoms with E-state index in [1.165, 1.54) is 23.7 Å². The second-order valence-electron chi connectivity index (χ2n) is 3.93. The fourth-order valence-electron chi connectivity index (χ4n) is 1.69. The summed E-state index contributed by atoms with van der Waals surface area (Å²) in [7, 11) is 0. The van der Waals surface area contributed by atoms with Gasteiger partial charge in [0.2, 0.25) is 4.73 Å². The molecule has 0 saturated heterocycles. The summed E-state index contributed by atoms with van der Waals surface area (Å²) in [6.07, 6.45) is 0. The Labute approximate surface area is 112 Å². The van der Waals surface area contributed by atoms with Crippen molar-refractivity contribution in [1.29, 1.82) is 0 Å². The van der Waals surface area contributed by atoms with Crippen LogP contribution in [0.4, 0.5) is 4.39 Å². The molecule has 2 aromatic rings. The maximum Gasteiger partial charge on any atom is 0.217 e. The van der Waals surface area contributed by atoms with Gasteiger partial charge in [-0.15, -0.1) is 5.10 Å². The van der Waals surface area contributed by atoms with Gasteiger partial charge in [-0.05, 0) is 40.5 Å². The Hall–Kier alpha value is -1.56. The molecule has 0 saturated carbocycles. The Morgan fingerprint density at radius 3 is 2.56 bits per heavy atom. The molecule has 6 heteroatoms. The van der Waals surface area contributed by atoms with Gasteiger partial charge in [0.15, 0.2) is 11.6 Å². The van der Waals surface area contributed by atoms with E-state index < -0.39 is 0 Å². The maximum atomic E-state index is 12.9. The third-order valence-corrected chi connectivity index (χ3v) is 2.98. The maximum absolute atomic E-state index is 12.9. The molecular weight excluding hydrogens is 301 g/mol. The van der Waals surface area contributed by atoms with Gasteiger partial charge in [-0.2, -0.15) is 4.98 Å². The summed E-state index contributed by atoms with van der Waals surface area (Å²) in [6, 6.07) is 5.90. The molecule has 1 atom stereocenters. The molecule has 0 spiro atoms. The van der Waals surface area contributed by atoms with Crippen LogP contribution in [0.25, 0.3) is 0 Å². The average molecular weight is 312 g/mol. The first-order chi connectivity index (χ1) is 8.49. The van der Waals surface area contributed by atoms with Crippen LogP contribution >= 0.6 is 15.9 Å². The SMILES string of the molecule is CC(=O)c1nc(Br)nn1C(C)c1ccc(F)cc1. The van der Waals surface area contributed by atoms with Gasteiger partial charge < -0.3 is 0 Å². The minimum Gasteiger partial charge on any atom is -0.291 e. The van der Waals surface area contributed by atoms with Crippen molar-refractivity contribution >= 4 is 21.7 Å². The largest absolute Gasteiger partial charge is 0.291 e. The topological polar surface area (TPSA) is 47.8 Å². The van der Waals surface area contributed by atoms with Gasteiger partial charge in [-0.25, -0.2) is 9.07 Å². The molecule has 4 nitrogen and oxygen atoms in total. The normalized spacial score (nSPS) is 12.4. The molecule has 0 bridgehead atoms. The molecule has 94 valence electrons. The number of aromatic nitrogens is 3. The molecule has 0 N–H and O–H groups in total. The predicted molar refractivity (Wildman–Crippen MR) is 67.9 cm³/mol. The minimum absolute atomic E-state index is 0.165. The summed E-state index contributed by atoms with van der Waals surface area (Å²) in [6.45, 7) is 3.31. The Morgan fingerprint density at radius 2 is 2.00 bits per heavy atom. The lowest BCUT2D eigenvalue weighted by molar-refractivity contribution is 0.0997. The number of nitrogens with zero attached hydrogens (tertiary/aromatic N) is 3. The molecule has 1 heterocycles. The molecule has 0 amide bonds. The first-order valence-electron chi connectivity index (χ1n) is 5.37. The van der Waals surface area contributed by atoms with E-state index in [2.05, 4.69) is 26.0 Å². The van der Waals surface area contributed by atoms with E-state index >= 15 is 0 Å². The number of hydrogen-bond donors (Lipinski definition) is 0. The summed E-state index contributed by atoms with van der Waals surface area (Å²) in [5.74, 6) is -0.182. The fraction of sp³-hybridized carbons (Fsp3) is 0.250. The van der Waals surface area contributed by atoms with Gasteiger partial charge in [-0.1, -0.05) is 12.1 Å². The quantitative estimate of drug-likeness (QED) is 0.819. The van der Waals surface area contributed by atoms with E-state index in [0.717, 1.165) is 5.56 Å². The fourth-order valence-corrected chi connectivity index (χ4v) is 2.03. The highest BCUT2D eigenvalue weighted by molar-refractivity contribution is 9.10. The zero-order valence-corrected chi connectivity index (χ0v) is 11.5. The predicted octanol–water partition coefficient (Wildman–Crippen LogP) is 2.99. The van der Waals surface area contributed by atoms with Crippen LogP contribution in [0, 0.1) is 5.82 Å². The Bertz CT molecular complexity index is 580. The van der Waals surface area contributed by atoms with Gasteiger partial charge in [0.25, 0.3) is 0 Å². The number of halogens is 2. The zero-order valence-electron chi connectivity index (χ0n) is 9.89. The molecule has 0 aliphatic heterocycles. The third-order valence-electron chi connectivity index (χ3n) is 2.64. The van der Waals surface area contributed by atoms with Crippen molar-refractivity contribution in [2.24, 2.45) is 0 Å². The summed E-state index contributed by atoms with van der Waals surface area (Å²) >= 11 is 3.15. The summed E-state index contributed by atoms with van der Waals surface area (Å²) in [4.78, 5) is 15.5. The molecule has 1 aromatic carbocycles. The van der Waals surface area contributed by atoms with Crippen molar-refractivity contribution in [1.82, 2.24) is 14.8 Å². The molecule has 1 unspecified atom stereocenters. The second kappa shape index (κ2) is 4.97. The highest BCUT2D eigenvalue weighted by Gasteiger charge is 2.18. The van der Waals surface area contributed by atoms with Crippen molar-refractivity contribution in [2.45, 2.75) is 19.9 Å². The second-order valence-corrected chi connectivity index (χ2v) is 4.64. The number of ketones is 1. The van der Waals surface area contributed by atoms with Crippen molar-refractivity contribution < 1.29 is 9.18 Å². The van der Waals surface area contributed by atoms with Crippen LogP contribution in [0.3, 0.4) is 0 Å². The number of carbonyl (C=O) groups is 1. The van der Waals surface area contributed by atoms with Crippen molar-refractivity contribution in [3.05, 3.63) is 46.2 Å². The van der Waals surface area contributed by atoms with Crippen LogP contribution in [0.15, 0.2) is 29.0 Å². The third kappa shape index (κ3) is 2.48.